The molecule has 1 aliphatic rings. The lowest BCUT2D eigenvalue weighted by Crippen LogP contribution is -2.35. The summed E-state index contributed by atoms with van der Waals surface area (Å²) in [6.07, 6.45) is 5.65. The van der Waals surface area contributed by atoms with Gasteiger partial charge in [0.2, 0.25) is 11.7 Å². The summed E-state index contributed by atoms with van der Waals surface area (Å²) < 4.78 is 5.54. The van der Waals surface area contributed by atoms with Gasteiger partial charge >= 0.3 is 0 Å². The van der Waals surface area contributed by atoms with Gasteiger partial charge in [-0.3, -0.25) is 4.98 Å². The number of rotatable bonds is 3. The second kappa shape index (κ2) is 6.80. The number of halogens is 1. The Morgan fingerprint density at radius 2 is 2.00 bits per heavy atom. The normalized spacial score (nSPS) is 17.7. The van der Waals surface area contributed by atoms with Crippen molar-refractivity contribution in [2.45, 2.75) is 25.7 Å². The van der Waals surface area contributed by atoms with E-state index in [1.807, 2.05) is 37.4 Å². The number of hydrogen-bond acceptors (Lipinski definition) is 6. The Bertz CT molecular complexity index is 864. The summed E-state index contributed by atoms with van der Waals surface area (Å²) in [5.74, 6) is 2.38. The lowest BCUT2D eigenvalue weighted by molar-refractivity contribution is 0.333. The third kappa shape index (κ3) is 3.49. The summed E-state index contributed by atoms with van der Waals surface area (Å²) in [6, 6.07) is 7.44. The van der Waals surface area contributed by atoms with Crippen LogP contribution in [0.4, 0.5) is 5.82 Å². The van der Waals surface area contributed by atoms with E-state index in [9.17, 15) is 0 Å². The molecular formula is C18H18ClN5O. The first-order valence-corrected chi connectivity index (χ1v) is 8.70. The van der Waals surface area contributed by atoms with Crippen LogP contribution in [-0.4, -0.2) is 33.2 Å². The van der Waals surface area contributed by atoms with E-state index in [2.05, 4.69) is 25.0 Å². The zero-order valence-corrected chi connectivity index (χ0v) is 14.6. The molecule has 0 saturated carbocycles. The number of aromatic nitrogens is 4. The molecule has 0 bridgehead atoms. The highest BCUT2D eigenvalue weighted by atomic mass is 35.5. The Labute approximate surface area is 150 Å². The minimum Gasteiger partial charge on any atom is -0.355 e. The molecule has 1 fully saturated rings. The molecule has 2 aromatic heterocycles. The molecule has 1 unspecified atom stereocenters. The van der Waals surface area contributed by atoms with E-state index in [1.54, 1.807) is 6.20 Å². The van der Waals surface area contributed by atoms with Gasteiger partial charge in [0, 0.05) is 29.9 Å². The number of piperidine rings is 1. The molecule has 1 aliphatic heterocycles. The van der Waals surface area contributed by atoms with Crippen LogP contribution in [-0.2, 0) is 0 Å². The summed E-state index contributed by atoms with van der Waals surface area (Å²) in [7, 11) is 0. The maximum Gasteiger partial charge on any atom is 0.231 e. The standard InChI is InChI=1S/C18H18ClN5O/c1-12-9-20-10-16(21-12)24-8-2-3-14(11-24)18-22-17(23-25-18)13-4-6-15(19)7-5-13/h4-7,9-10,14H,2-3,8,11H2,1H3. The van der Waals surface area contributed by atoms with Gasteiger partial charge in [0.15, 0.2) is 0 Å². The van der Waals surface area contributed by atoms with Crippen LogP contribution in [0.3, 0.4) is 0 Å². The van der Waals surface area contributed by atoms with Crippen LogP contribution in [0.2, 0.25) is 5.02 Å². The smallest absolute Gasteiger partial charge is 0.231 e. The zero-order chi connectivity index (χ0) is 17.2. The highest BCUT2D eigenvalue weighted by Gasteiger charge is 2.27. The van der Waals surface area contributed by atoms with Crippen molar-refractivity contribution < 1.29 is 4.52 Å². The Kier molecular flexibility index (Phi) is 4.36. The molecule has 6 nitrogen and oxygen atoms in total. The molecule has 3 heterocycles. The predicted molar refractivity (Wildman–Crippen MR) is 95.7 cm³/mol. The predicted octanol–water partition coefficient (Wildman–Crippen LogP) is 3.87. The van der Waals surface area contributed by atoms with Crippen molar-refractivity contribution in [2.24, 2.45) is 0 Å². The SMILES string of the molecule is Cc1cncc(N2CCCC(c3nc(-c4ccc(Cl)cc4)no3)C2)n1. The van der Waals surface area contributed by atoms with E-state index in [1.165, 1.54) is 0 Å². The van der Waals surface area contributed by atoms with Gasteiger partial charge < -0.3 is 9.42 Å². The van der Waals surface area contributed by atoms with Crippen LogP contribution in [0, 0.1) is 6.92 Å². The van der Waals surface area contributed by atoms with Gasteiger partial charge in [-0.25, -0.2) is 4.98 Å². The molecule has 0 N–H and O–H groups in total. The summed E-state index contributed by atoms with van der Waals surface area (Å²) in [5, 5.41) is 4.82. The van der Waals surface area contributed by atoms with Gasteiger partial charge in [0.05, 0.1) is 17.8 Å². The number of nitrogens with zero attached hydrogens (tertiary/aromatic N) is 5. The molecule has 0 aliphatic carbocycles. The van der Waals surface area contributed by atoms with Gasteiger partial charge in [-0.1, -0.05) is 16.8 Å². The number of benzene rings is 1. The van der Waals surface area contributed by atoms with E-state index >= 15 is 0 Å². The van der Waals surface area contributed by atoms with Crippen molar-refractivity contribution in [2.75, 3.05) is 18.0 Å². The summed E-state index contributed by atoms with van der Waals surface area (Å²) in [4.78, 5) is 15.6. The van der Waals surface area contributed by atoms with Gasteiger partial charge in [-0.15, -0.1) is 0 Å². The lowest BCUT2D eigenvalue weighted by atomic mass is 9.98. The van der Waals surface area contributed by atoms with Crippen LogP contribution < -0.4 is 4.90 Å². The van der Waals surface area contributed by atoms with E-state index in [-0.39, 0.29) is 5.92 Å². The molecular weight excluding hydrogens is 338 g/mol. The van der Waals surface area contributed by atoms with E-state index in [4.69, 9.17) is 16.1 Å². The fourth-order valence-corrected chi connectivity index (χ4v) is 3.23. The molecule has 0 amide bonds. The molecule has 1 atom stereocenters. The average molecular weight is 356 g/mol. The third-order valence-electron chi connectivity index (χ3n) is 4.38. The Morgan fingerprint density at radius 3 is 2.80 bits per heavy atom. The molecule has 4 rings (SSSR count). The maximum absolute atomic E-state index is 5.93. The fraction of sp³-hybridized carbons (Fsp3) is 0.333. The highest BCUT2D eigenvalue weighted by Crippen LogP contribution is 2.29. The van der Waals surface area contributed by atoms with Crippen molar-refractivity contribution in [3.05, 3.63) is 53.3 Å². The molecule has 3 aromatic rings. The first-order valence-electron chi connectivity index (χ1n) is 8.32. The zero-order valence-electron chi connectivity index (χ0n) is 13.9. The van der Waals surface area contributed by atoms with Crippen molar-refractivity contribution in [1.82, 2.24) is 20.1 Å². The van der Waals surface area contributed by atoms with Crippen LogP contribution in [0.15, 0.2) is 41.2 Å². The van der Waals surface area contributed by atoms with Crippen LogP contribution in [0.25, 0.3) is 11.4 Å². The van der Waals surface area contributed by atoms with Crippen molar-refractivity contribution >= 4 is 17.4 Å². The van der Waals surface area contributed by atoms with Gasteiger partial charge in [-0.05, 0) is 44.0 Å². The number of aryl methyl sites for hydroxylation is 1. The quantitative estimate of drug-likeness (QED) is 0.710. The highest BCUT2D eigenvalue weighted by molar-refractivity contribution is 6.30. The van der Waals surface area contributed by atoms with Crippen LogP contribution in [0.1, 0.15) is 30.3 Å². The van der Waals surface area contributed by atoms with E-state index < -0.39 is 0 Å². The molecule has 0 radical (unpaired) electrons. The Morgan fingerprint density at radius 1 is 1.16 bits per heavy atom. The molecule has 1 saturated heterocycles. The lowest BCUT2D eigenvalue weighted by Gasteiger charge is -2.31. The topological polar surface area (TPSA) is 67.9 Å². The fourth-order valence-electron chi connectivity index (χ4n) is 3.11. The van der Waals surface area contributed by atoms with E-state index in [0.29, 0.717) is 16.7 Å². The van der Waals surface area contributed by atoms with Gasteiger partial charge in [-0.2, -0.15) is 4.98 Å². The van der Waals surface area contributed by atoms with Gasteiger partial charge in [0.25, 0.3) is 0 Å². The molecule has 128 valence electrons. The molecule has 25 heavy (non-hydrogen) atoms. The first-order chi connectivity index (χ1) is 12.2. The Balaban J connectivity index is 1.53. The summed E-state index contributed by atoms with van der Waals surface area (Å²) >= 11 is 5.93. The molecule has 1 aromatic carbocycles. The minimum atomic E-state index is 0.199. The molecule has 0 spiro atoms. The first kappa shape index (κ1) is 16.0. The van der Waals surface area contributed by atoms with E-state index in [0.717, 1.165) is 43.0 Å². The van der Waals surface area contributed by atoms with Crippen LogP contribution >= 0.6 is 11.6 Å². The van der Waals surface area contributed by atoms with Crippen molar-refractivity contribution in [3.8, 4) is 11.4 Å². The summed E-state index contributed by atoms with van der Waals surface area (Å²) in [6.45, 7) is 3.72. The number of hydrogen-bond donors (Lipinski definition) is 0. The third-order valence-corrected chi connectivity index (χ3v) is 4.63. The monoisotopic (exact) mass is 355 g/mol. The second-order valence-corrected chi connectivity index (χ2v) is 6.70. The largest absolute Gasteiger partial charge is 0.355 e. The van der Waals surface area contributed by atoms with Crippen LogP contribution in [0.5, 0.6) is 0 Å². The average Bonchev–Trinajstić information content (AvgIpc) is 3.13. The van der Waals surface area contributed by atoms with Gasteiger partial charge in [0.1, 0.15) is 5.82 Å². The van der Waals surface area contributed by atoms with Crippen molar-refractivity contribution in [3.63, 3.8) is 0 Å². The second-order valence-electron chi connectivity index (χ2n) is 6.27. The summed E-state index contributed by atoms with van der Waals surface area (Å²) in [5.41, 5.74) is 1.82. The van der Waals surface area contributed by atoms with Crippen molar-refractivity contribution in [1.29, 1.82) is 0 Å². The maximum atomic E-state index is 5.93. The molecule has 7 heteroatoms. The minimum absolute atomic E-state index is 0.199. The Hall–Kier alpha value is -2.47. The number of anilines is 1.